The smallest absolute Gasteiger partial charge is 0.161 e. The summed E-state index contributed by atoms with van der Waals surface area (Å²) in [5, 5.41) is 0. The van der Waals surface area contributed by atoms with Crippen LogP contribution >= 0.6 is 25.3 Å². The minimum absolute atomic E-state index is 0.392. The van der Waals surface area contributed by atoms with Crippen LogP contribution in [0.5, 0.6) is 11.5 Å². The van der Waals surface area contributed by atoms with Crippen LogP contribution in [0.1, 0.15) is 34.7 Å². The average Bonchev–Trinajstić information content (AvgIpc) is 3.04. The molecular weight excluding hydrogens is 557 g/mol. The normalized spacial score (nSPS) is 14.5. The van der Waals surface area contributed by atoms with Crippen LogP contribution in [-0.2, 0) is 18.5 Å². The lowest BCUT2D eigenvalue weighted by atomic mass is 9.70. The Kier molecular flexibility index (Phi) is 7.04. The van der Waals surface area contributed by atoms with Crippen LogP contribution in [-0.4, -0.2) is 13.5 Å². The molecule has 0 saturated heterocycles. The molecule has 2 aliphatic rings. The lowest BCUT2D eigenvalue weighted by Crippen LogP contribution is -2.33. The van der Waals surface area contributed by atoms with Crippen molar-refractivity contribution in [3.8, 4) is 11.5 Å². The summed E-state index contributed by atoms with van der Waals surface area (Å²) in [6.07, 6.45) is 0. The van der Waals surface area contributed by atoms with E-state index in [1.165, 1.54) is 27.8 Å². The van der Waals surface area contributed by atoms with Gasteiger partial charge in [-0.05, 0) is 96.4 Å². The standard InChI is InChI=1S/C36H32N2O2S2/c1-36(27-5-3-2-4-6-27,28-7-17-34-25(19-28)21-37(23-39-34)30-9-13-32(41)14-10-30)29-8-18-35-26(20-29)22-38(24-40-35)31-11-15-33(42)16-12-31/h2-20,41-42H,21-24H2,1H3. The molecule has 5 aromatic carbocycles. The highest BCUT2D eigenvalue weighted by molar-refractivity contribution is 7.80. The lowest BCUT2D eigenvalue weighted by molar-refractivity contribution is 0.289. The third-order valence-electron chi connectivity index (χ3n) is 8.53. The van der Waals surface area contributed by atoms with E-state index >= 15 is 0 Å². The molecule has 0 atom stereocenters. The summed E-state index contributed by atoms with van der Waals surface area (Å²) in [4.78, 5) is 6.41. The van der Waals surface area contributed by atoms with Gasteiger partial charge >= 0.3 is 0 Å². The van der Waals surface area contributed by atoms with Gasteiger partial charge < -0.3 is 19.3 Å². The molecule has 210 valence electrons. The molecule has 6 heteroatoms. The van der Waals surface area contributed by atoms with Gasteiger partial charge in [0.1, 0.15) is 11.5 Å². The topological polar surface area (TPSA) is 24.9 Å². The number of fused-ring (bicyclic) bond motifs is 2. The van der Waals surface area contributed by atoms with Crippen LogP contribution in [0.4, 0.5) is 11.4 Å². The first-order chi connectivity index (χ1) is 20.5. The van der Waals surface area contributed by atoms with Crippen LogP contribution < -0.4 is 19.3 Å². The molecule has 0 aromatic heterocycles. The molecule has 0 unspecified atom stereocenters. The van der Waals surface area contributed by atoms with Gasteiger partial charge in [0.25, 0.3) is 0 Å². The van der Waals surface area contributed by atoms with E-state index in [0.29, 0.717) is 13.5 Å². The molecule has 0 bridgehead atoms. The molecule has 0 fully saturated rings. The van der Waals surface area contributed by atoms with Crippen LogP contribution in [0.15, 0.2) is 125 Å². The fourth-order valence-corrected chi connectivity index (χ4v) is 6.34. The molecule has 5 aromatic rings. The van der Waals surface area contributed by atoms with E-state index < -0.39 is 5.41 Å². The van der Waals surface area contributed by atoms with Gasteiger partial charge in [-0.1, -0.05) is 42.5 Å². The van der Waals surface area contributed by atoms with E-state index in [4.69, 9.17) is 9.47 Å². The second kappa shape index (κ2) is 11.0. The minimum atomic E-state index is -0.392. The van der Waals surface area contributed by atoms with Crippen molar-refractivity contribution in [1.82, 2.24) is 0 Å². The zero-order valence-electron chi connectivity index (χ0n) is 23.4. The lowest BCUT2D eigenvalue weighted by Gasteiger charge is -2.36. The summed E-state index contributed by atoms with van der Waals surface area (Å²) in [6, 6.07) is 40.6. The predicted molar refractivity (Wildman–Crippen MR) is 176 cm³/mol. The molecule has 7 rings (SSSR count). The van der Waals surface area contributed by atoms with Crippen LogP contribution in [0.3, 0.4) is 0 Å². The summed E-state index contributed by atoms with van der Waals surface area (Å²) in [5.41, 5.74) is 7.89. The third kappa shape index (κ3) is 4.99. The highest BCUT2D eigenvalue weighted by Gasteiger charge is 2.34. The Bertz CT molecular complexity index is 1620. The van der Waals surface area contributed by atoms with Crippen molar-refractivity contribution in [2.75, 3.05) is 23.3 Å². The maximum absolute atomic E-state index is 6.22. The predicted octanol–water partition coefficient (Wildman–Crippen LogP) is 8.33. The van der Waals surface area contributed by atoms with Gasteiger partial charge in [-0.15, -0.1) is 25.3 Å². The fourth-order valence-electron chi connectivity index (χ4n) is 6.04. The summed E-state index contributed by atoms with van der Waals surface area (Å²) < 4.78 is 12.4. The molecule has 4 nitrogen and oxygen atoms in total. The molecule has 0 aliphatic carbocycles. The zero-order chi connectivity index (χ0) is 28.7. The maximum atomic E-state index is 6.22. The average molecular weight is 589 g/mol. The summed E-state index contributed by atoms with van der Waals surface area (Å²) in [6.45, 7) is 4.92. The largest absolute Gasteiger partial charge is 0.473 e. The number of anilines is 2. The SMILES string of the molecule is CC(c1ccccc1)(c1ccc2c(c1)CN(c1ccc(S)cc1)CO2)c1ccc2c(c1)CN(c1ccc(S)cc1)CO2. The van der Waals surface area contributed by atoms with Crippen molar-refractivity contribution in [2.24, 2.45) is 0 Å². The molecule has 0 amide bonds. The molecule has 42 heavy (non-hydrogen) atoms. The highest BCUT2D eigenvalue weighted by atomic mass is 32.1. The second-order valence-electron chi connectivity index (χ2n) is 11.1. The number of rotatable bonds is 5. The summed E-state index contributed by atoms with van der Waals surface area (Å²) >= 11 is 8.90. The van der Waals surface area contributed by atoms with Crippen LogP contribution in [0, 0.1) is 0 Å². The van der Waals surface area contributed by atoms with Crippen molar-refractivity contribution >= 4 is 36.6 Å². The van der Waals surface area contributed by atoms with E-state index in [0.717, 1.165) is 45.8 Å². The van der Waals surface area contributed by atoms with Gasteiger partial charge in [-0.25, -0.2) is 0 Å². The second-order valence-corrected chi connectivity index (χ2v) is 12.1. The number of hydrogen-bond donors (Lipinski definition) is 2. The molecule has 0 saturated carbocycles. The molecule has 0 radical (unpaired) electrons. The van der Waals surface area contributed by atoms with Gasteiger partial charge in [0, 0.05) is 50.8 Å². The van der Waals surface area contributed by atoms with Crippen molar-refractivity contribution < 1.29 is 9.47 Å². The minimum Gasteiger partial charge on any atom is -0.473 e. The van der Waals surface area contributed by atoms with E-state index in [2.05, 4.69) is 133 Å². The molecule has 0 spiro atoms. The monoisotopic (exact) mass is 588 g/mol. The molecule has 0 N–H and O–H groups in total. The Hall–Kier alpha value is -4.00. The molecule has 2 heterocycles. The first kappa shape index (κ1) is 26.9. The van der Waals surface area contributed by atoms with Crippen LogP contribution in [0.25, 0.3) is 0 Å². The van der Waals surface area contributed by atoms with Crippen molar-refractivity contribution in [3.05, 3.63) is 143 Å². The summed E-state index contributed by atoms with van der Waals surface area (Å²) in [7, 11) is 0. The van der Waals surface area contributed by atoms with E-state index in [9.17, 15) is 0 Å². The van der Waals surface area contributed by atoms with Gasteiger partial charge in [-0.3, -0.25) is 0 Å². The number of ether oxygens (including phenoxy) is 2. The van der Waals surface area contributed by atoms with E-state index in [-0.39, 0.29) is 0 Å². The Morgan fingerprint density at radius 3 is 1.45 bits per heavy atom. The van der Waals surface area contributed by atoms with Crippen molar-refractivity contribution in [3.63, 3.8) is 0 Å². The summed E-state index contributed by atoms with van der Waals surface area (Å²) in [5.74, 6) is 1.89. The number of nitrogens with zero attached hydrogens (tertiary/aromatic N) is 2. The Morgan fingerprint density at radius 1 is 0.548 bits per heavy atom. The van der Waals surface area contributed by atoms with Gasteiger partial charge in [0.05, 0.1) is 0 Å². The van der Waals surface area contributed by atoms with E-state index in [1.807, 2.05) is 24.3 Å². The number of thiol groups is 2. The first-order valence-electron chi connectivity index (χ1n) is 14.1. The van der Waals surface area contributed by atoms with Gasteiger partial charge in [0.15, 0.2) is 13.5 Å². The van der Waals surface area contributed by atoms with Gasteiger partial charge in [0.2, 0.25) is 0 Å². The first-order valence-corrected chi connectivity index (χ1v) is 15.0. The van der Waals surface area contributed by atoms with Crippen molar-refractivity contribution in [2.45, 2.75) is 35.2 Å². The van der Waals surface area contributed by atoms with Crippen LogP contribution in [0.2, 0.25) is 0 Å². The Morgan fingerprint density at radius 2 is 1.00 bits per heavy atom. The Balaban J connectivity index is 1.27. The Labute approximate surface area is 258 Å². The fraction of sp³-hybridized carbons (Fsp3) is 0.167. The molecule has 2 aliphatic heterocycles. The maximum Gasteiger partial charge on any atom is 0.161 e. The number of hydrogen-bond acceptors (Lipinski definition) is 6. The zero-order valence-corrected chi connectivity index (χ0v) is 25.2. The third-order valence-corrected chi connectivity index (χ3v) is 9.13. The number of benzene rings is 5. The van der Waals surface area contributed by atoms with Gasteiger partial charge in [-0.2, -0.15) is 0 Å². The van der Waals surface area contributed by atoms with Crippen molar-refractivity contribution in [1.29, 1.82) is 0 Å². The van der Waals surface area contributed by atoms with E-state index in [1.54, 1.807) is 0 Å². The molecular formula is C36H32N2O2S2. The quantitative estimate of drug-likeness (QED) is 0.159. The highest BCUT2D eigenvalue weighted by Crippen LogP contribution is 2.43.